The summed E-state index contributed by atoms with van der Waals surface area (Å²) in [6, 6.07) is 25.9. The minimum Gasteiger partial charge on any atom is -1.00 e. The average molecular weight is 401 g/mol. The second-order valence-electron chi connectivity index (χ2n) is 5.26. The van der Waals surface area contributed by atoms with Crippen LogP contribution in [0.2, 0.25) is 0 Å². The van der Waals surface area contributed by atoms with Gasteiger partial charge in [-0.3, -0.25) is 0 Å². The number of nitrogens with zero attached hydrogens (tertiary/aromatic N) is 1. The van der Waals surface area contributed by atoms with Gasteiger partial charge in [0.2, 0.25) is 0 Å². The zero-order valence-electron chi connectivity index (χ0n) is 13.3. The smallest absolute Gasteiger partial charge is 1.00 e. The van der Waals surface area contributed by atoms with Crippen LogP contribution in [0, 0.1) is 12.4 Å². The van der Waals surface area contributed by atoms with Crippen LogP contribution in [0.15, 0.2) is 66.7 Å². The maximum Gasteiger partial charge on any atom is 4.00 e. The molecule has 1 aliphatic carbocycles. The van der Waals surface area contributed by atoms with Crippen LogP contribution in [0.5, 0.6) is 0 Å². The summed E-state index contributed by atoms with van der Waals surface area (Å²) in [5, 5.41) is 0. The molecule has 0 saturated carbocycles. The predicted octanol–water partition coefficient (Wildman–Crippen LogP) is -1.57. The number of para-hydroxylation sites is 2. The van der Waals surface area contributed by atoms with Gasteiger partial charge in [-0.25, -0.2) is 0 Å². The summed E-state index contributed by atoms with van der Waals surface area (Å²) in [4.78, 5) is 6.82. The molecule has 0 amide bonds. The Bertz CT molecular complexity index is 864. The quantitative estimate of drug-likeness (QED) is 0.247. The summed E-state index contributed by atoms with van der Waals surface area (Å²) >= 11 is 0. The number of aromatic amines is 1. The molecule has 0 atom stereocenters. The molecule has 1 heterocycles. The van der Waals surface area contributed by atoms with E-state index in [1.807, 2.05) is 30.3 Å². The first-order valence-corrected chi connectivity index (χ1v) is 7.30. The molecule has 1 N–H and O–H groups in total. The van der Waals surface area contributed by atoms with E-state index in [4.69, 9.17) is 0 Å². The molecule has 0 radical (unpaired) electrons. The Morgan fingerprint density at radius 3 is 2.40 bits per heavy atom. The Balaban J connectivity index is 0.000000234. The van der Waals surface area contributed by atoms with Gasteiger partial charge in [0, 0.05) is 0 Å². The van der Waals surface area contributed by atoms with Gasteiger partial charge < -0.3 is 34.8 Å². The standard InChI is InChI=1S/C13H9.C7H5N2.2ClH.Ti/c1-3-7-12-10(5-1)9-11-6-2-4-8-13(11)12;1-2-4-7-6(3-1)8-5-9-7;;;/h1-5,7-8H,9H2;1-4H,(H,8,9);2*1H;/q2*-1;;;+4/p-2. The van der Waals surface area contributed by atoms with Gasteiger partial charge in [0.25, 0.3) is 0 Å². The third kappa shape index (κ3) is 4.53. The fourth-order valence-electron chi connectivity index (χ4n) is 2.82. The van der Waals surface area contributed by atoms with Gasteiger partial charge >= 0.3 is 21.7 Å². The summed E-state index contributed by atoms with van der Waals surface area (Å²) in [5.74, 6) is 0. The molecule has 0 unspecified atom stereocenters. The maximum absolute atomic E-state index is 3.94. The van der Waals surface area contributed by atoms with Crippen molar-refractivity contribution in [2.75, 3.05) is 0 Å². The largest absolute Gasteiger partial charge is 4.00 e. The fourth-order valence-corrected chi connectivity index (χ4v) is 2.82. The fraction of sp³-hybridized carbons (Fsp3) is 0.0500. The zero-order chi connectivity index (χ0) is 14.8. The van der Waals surface area contributed by atoms with Crippen LogP contribution in [-0.4, -0.2) is 9.97 Å². The van der Waals surface area contributed by atoms with Crippen molar-refractivity contribution in [3.05, 3.63) is 90.3 Å². The van der Waals surface area contributed by atoms with E-state index in [0.29, 0.717) is 0 Å². The van der Waals surface area contributed by atoms with Crippen LogP contribution >= 0.6 is 0 Å². The molecule has 5 rings (SSSR count). The van der Waals surface area contributed by atoms with Crippen LogP contribution in [0.25, 0.3) is 22.2 Å². The minimum absolute atomic E-state index is 0. The van der Waals surface area contributed by atoms with Gasteiger partial charge in [-0.05, 0) is 12.7 Å². The molecule has 1 aliphatic rings. The summed E-state index contributed by atoms with van der Waals surface area (Å²) in [6.07, 6.45) is 3.71. The van der Waals surface area contributed by atoms with Gasteiger partial charge in [-0.15, -0.1) is 17.7 Å². The molecule has 5 heteroatoms. The molecule has 3 aromatic carbocycles. The first-order valence-electron chi connectivity index (χ1n) is 7.30. The van der Waals surface area contributed by atoms with E-state index >= 15 is 0 Å². The summed E-state index contributed by atoms with van der Waals surface area (Å²) in [6.45, 7) is 0. The number of nitrogens with one attached hydrogen (secondary N) is 1. The second kappa shape index (κ2) is 9.79. The van der Waals surface area contributed by atoms with Crippen molar-refractivity contribution >= 4 is 11.0 Å². The van der Waals surface area contributed by atoms with Crippen molar-refractivity contribution in [1.29, 1.82) is 0 Å². The van der Waals surface area contributed by atoms with Gasteiger partial charge in [0.15, 0.2) is 0 Å². The molecule has 0 bridgehead atoms. The van der Waals surface area contributed by atoms with Crippen molar-refractivity contribution in [3.63, 3.8) is 0 Å². The number of halogens is 2. The number of hydrogen-bond acceptors (Lipinski definition) is 1. The van der Waals surface area contributed by atoms with Crippen molar-refractivity contribution in [1.82, 2.24) is 9.97 Å². The van der Waals surface area contributed by atoms with Crippen molar-refractivity contribution < 1.29 is 46.5 Å². The molecular formula is C20H14Cl2N2Ti. The number of benzene rings is 3. The Labute approximate surface area is 174 Å². The third-order valence-corrected chi connectivity index (χ3v) is 3.89. The normalized spacial score (nSPS) is 10.1. The van der Waals surface area contributed by atoms with E-state index in [0.717, 1.165) is 17.5 Å². The number of fused-ring (bicyclic) bond motifs is 4. The van der Waals surface area contributed by atoms with Crippen LogP contribution in [0.1, 0.15) is 11.1 Å². The Hall–Kier alpha value is -1.58. The van der Waals surface area contributed by atoms with Crippen molar-refractivity contribution in [3.8, 4) is 11.1 Å². The molecule has 4 aromatic rings. The molecule has 0 saturated heterocycles. The van der Waals surface area contributed by atoms with Gasteiger partial charge in [-0.1, -0.05) is 58.6 Å². The zero-order valence-corrected chi connectivity index (χ0v) is 16.3. The van der Waals surface area contributed by atoms with Crippen LogP contribution in [0.3, 0.4) is 0 Å². The van der Waals surface area contributed by atoms with E-state index in [1.54, 1.807) is 0 Å². The van der Waals surface area contributed by atoms with Crippen LogP contribution in [-0.2, 0) is 28.1 Å². The Morgan fingerprint density at radius 1 is 0.840 bits per heavy atom. The van der Waals surface area contributed by atoms with Crippen molar-refractivity contribution in [2.24, 2.45) is 0 Å². The second-order valence-corrected chi connectivity index (χ2v) is 5.26. The van der Waals surface area contributed by atoms with Gasteiger partial charge in [0.05, 0.1) is 0 Å². The molecule has 122 valence electrons. The Kier molecular flexibility index (Phi) is 8.41. The van der Waals surface area contributed by atoms with E-state index in [-0.39, 0.29) is 46.5 Å². The Morgan fingerprint density at radius 2 is 1.56 bits per heavy atom. The number of H-pyrrole nitrogens is 1. The van der Waals surface area contributed by atoms with Gasteiger partial charge in [-0.2, -0.15) is 29.8 Å². The van der Waals surface area contributed by atoms with E-state index in [1.165, 1.54) is 22.3 Å². The van der Waals surface area contributed by atoms with Crippen LogP contribution in [0.4, 0.5) is 0 Å². The number of aromatic nitrogens is 2. The maximum atomic E-state index is 3.94. The molecule has 0 spiro atoms. The summed E-state index contributed by atoms with van der Waals surface area (Å²) in [5.41, 5.74) is 7.52. The summed E-state index contributed by atoms with van der Waals surface area (Å²) < 4.78 is 0. The molecule has 25 heavy (non-hydrogen) atoms. The van der Waals surface area contributed by atoms with E-state index < -0.39 is 0 Å². The topological polar surface area (TPSA) is 28.7 Å². The molecule has 2 nitrogen and oxygen atoms in total. The first kappa shape index (κ1) is 21.5. The minimum atomic E-state index is 0. The number of imidazole rings is 1. The molecule has 1 aromatic heterocycles. The first-order chi connectivity index (χ1) is 10.9. The predicted molar refractivity (Wildman–Crippen MR) is 88.4 cm³/mol. The van der Waals surface area contributed by atoms with E-state index in [9.17, 15) is 0 Å². The van der Waals surface area contributed by atoms with E-state index in [2.05, 4.69) is 58.8 Å². The summed E-state index contributed by atoms with van der Waals surface area (Å²) in [7, 11) is 0. The monoisotopic (exact) mass is 400 g/mol. The molecular weight excluding hydrogens is 387 g/mol. The van der Waals surface area contributed by atoms with Gasteiger partial charge in [0.1, 0.15) is 0 Å². The average Bonchev–Trinajstić information content (AvgIpc) is 3.19. The molecule has 0 fully saturated rings. The SMILES string of the molecule is [Cl-].[Cl-].[Ti+4].[c-]1cccc2c1Cc1ccccc1-2.[c-]1nc2ccccc2[nH]1. The molecule has 0 aliphatic heterocycles. The van der Waals surface area contributed by atoms with Crippen LogP contribution < -0.4 is 24.8 Å². The number of rotatable bonds is 0. The third-order valence-electron chi connectivity index (χ3n) is 3.89. The number of hydrogen-bond donors (Lipinski definition) is 1. The van der Waals surface area contributed by atoms with Crippen molar-refractivity contribution in [2.45, 2.75) is 6.42 Å².